The number of aromatic nitrogens is 2. The van der Waals surface area contributed by atoms with Gasteiger partial charge >= 0.3 is 0 Å². The minimum Gasteiger partial charge on any atom is -0.490 e. The van der Waals surface area contributed by atoms with Gasteiger partial charge in [0.1, 0.15) is 5.82 Å². The predicted octanol–water partition coefficient (Wildman–Crippen LogP) is 1.89. The Morgan fingerprint density at radius 3 is 2.75 bits per heavy atom. The third kappa shape index (κ3) is 2.36. The highest BCUT2D eigenvalue weighted by atomic mass is 16.5. The van der Waals surface area contributed by atoms with Gasteiger partial charge in [0.25, 0.3) is 0 Å². The third-order valence-electron chi connectivity index (χ3n) is 3.51. The molecule has 106 valence electrons. The van der Waals surface area contributed by atoms with E-state index < -0.39 is 0 Å². The summed E-state index contributed by atoms with van der Waals surface area (Å²) in [5.41, 5.74) is 1.12. The lowest BCUT2D eigenvalue weighted by Crippen LogP contribution is -2.21. The minimum atomic E-state index is 0.0344. The van der Waals surface area contributed by atoms with Gasteiger partial charge in [-0.1, -0.05) is 6.07 Å². The Kier molecular flexibility index (Phi) is 3.60. The van der Waals surface area contributed by atoms with Crippen LogP contribution in [0.1, 0.15) is 23.9 Å². The SMILES string of the molecule is CNC(c1ccc2c(c1)OCCCO2)c1nccn1C. The monoisotopic (exact) mass is 273 g/mol. The number of benzene rings is 1. The van der Waals surface area contributed by atoms with Gasteiger partial charge in [0.2, 0.25) is 0 Å². The van der Waals surface area contributed by atoms with Crippen LogP contribution in [0.3, 0.4) is 0 Å². The molecule has 2 aromatic rings. The summed E-state index contributed by atoms with van der Waals surface area (Å²) < 4.78 is 13.4. The van der Waals surface area contributed by atoms with Gasteiger partial charge in [-0.2, -0.15) is 0 Å². The molecular formula is C15H19N3O2. The van der Waals surface area contributed by atoms with Crippen molar-refractivity contribution in [2.24, 2.45) is 7.05 Å². The van der Waals surface area contributed by atoms with Gasteiger partial charge in [-0.3, -0.25) is 0 Å². The standard InChI is InChI=1S/C15H19N3O2/c1-16-14(15-17-6-7-18(15)2)11-4-5-12-13(10-11)20-9-3-8-19-12/h4-7,10,14,16H,3,8-9H2,1-2H3. The molecule has 20 heavy (non-hydrogen) atoms. The molecule has 1 aliphatic rings. The second-order valence-corrected chi connectivity index (χ2v) is 4.87. The summed E-state index contributed by atoms with van der Waals surface area (Å²) in [7, 11) is 3.93. The maximum atomic E-state index is 5.75. The second kappa shape index (κ2) is 5.54. The van der Waals surface area contributed by atoms with Crippen molar-refractivity contribution in [3.05, 3.63) is 42.0 Å². The highest BCUT2D eigenvalue weighted by Gasteiger charge is 2.19. The maximum absolute atomic E-state index is 5.75. The van der Waals surface area contributed by atoms with Crippen molar-refractivity contribution >= 4 is 0 Å². The molecule has 1 N–H and O–H groups in total. The molecule has 2 heterocycles. The van der Waals surface area contributed by atoms with Crippen molar-refractivity contribution in [1.82, 2.24) is 14.9 Å². The molecule has 1 aromatic carbocycles. The van der Waals surface area contributed by atoms with Crippen molar-refractivity contribution in [1.29, 1.82) is 0 Å². The molecule has 3 rings (SSSR count). The summed E-state index contributed by atoms with van der Waals surface area (Å²) >= 11 is 0. The summed E-state index contributed by atoms with van der Waals surface area (Å²) in [5, 5.41) is 3.30. The topological polar surface area (TPSA) is 48.3 Å². The van der Waals surface area contributed by atoms with Gasteiger partial charge in [0, 0.05) is 25.9 Å². The summed E-state index contributed by atoms with van der Waals surface area (Å²) in [5.74, 6) is 2.61. The Morgan fingerprint density at radius 2 is 2.05 bits per heavy atom. The Bertz CT molecular complexity index is 595. The van der Waals surface area contributed by atoms with Gasteiger partial charge < -0.3 is 19.4 Å². The van der Waals surface area contributed by atoms with Crippen LogP contribution in [0.15, 0.2) is 30.6 Å². The third-order valence-corrected chi connectivity index (χ3v) is 3.51. The van der Waals surface area contributed by atoms with Crippen LogP contribution >= 0.6 is 0 Å². The Labute approximate surface area is 118 Å². The van der Waals surface area contributed by atoms with E-state index in [1.807, 2.05) is 43.2 Å². The average molecular weight is 273 g/mol. The fraction of sp³-hybridized carbons (Fsp3) is 0.400. The van der Waals surface area contributed by atoms with Gasteiger partial charge in [0.05, 0.1) is 19.3 Å². The molecule has 0 amide bonds. The summed E-state index contributed by atoms with van der Waals surface area (Å²) in [4.78, 5) is 4.42. The normalized spacial score (nSPS) is 15.7. The second-order valence-electron chi connectivity index (χ2n) is 4.87. The molecule has 0 fully saturated rings. The predicted molar refractivity (Wildman–Crippen MR) is 76.2 cm³/mol. The van der Waals surface area contributed by atoms with E-state index in [2.05, 4.69) is 16.4 Å². The fourth-order valence-corrected chi connectivity index (χ4v) is 2.46. The van der Waals surface area contributed by atoms with Crippen LogP contribution in [-0.2, 0) is 7.05 Å². The first-order valence-corrected chi connectivity index (χ1v) is 6.83. The maximum Gasteiger partial charge on any atom is 0.161 e. The zero-order valence-electron chi connectivity index (χ0n) is 11.8. The molecule has 0 saturated carbocycles. The van der Waals surface area contributed by atoms with Gasteiger partial charge in [-0.25, -0.2) is 4.98 Å². The Hall–Kier alpha value is -2.01. The number of imidazole rings is 1. The minimum absolute atomic E-state index is 0.0344. The zero-order valence-corrected chi connectivity index (χ0v) is 11.8. The number of hydrogen-bond donors (Lipinski definition) is 1. The number of hydrogen-bond acceptors (Lipinski definition) is 4. The number of ether oxygens (including phenoxy) is 2. The first-order chi connectivity index (χ1) is 9.79. The molecule has 0 saturated heterocycles. The summed E-state index contributed by atoms with van der Waals surface area (Å²) in [6.45, 7) is 1.41. The molecule has 0 radical (unpaired) electrons. The molecular weight excluding hydrogens is 254 g/mol. The number of nitrogens with zero attached hydrogens (tertiary/aromatic N) is 2. The van der Waals surface area contributed by atoms with Crippen molar-refractivity contribution in [2.75, 3.05) is 20.3 Å². The lowest BCUT2D eigenvalue weighted by Gasteiger charge is -2.18. The summed E-state index contributed by atoms with van der Waals surface area (Å²) in [6, 6.07) is 6.11. The number of nitrogens with one attached hydrogen (secondary N) is 1. The van der Waals surface area contributed by atoms with Crippen LogP contribution in [0.2, 0.25) is 0 Å². The van der Waals surface area contributed by atoms with E-state index in [-0.39, 0.29) is 6.04 Å². The van der Waals surface area contributed by atoms with Crippen LogP contribution in [0, 0.1) is 0 Å². The first kappa shape index (κ1) is 13.0. The van der Waals surface area contributed by atoms with Gasteiger partial charge in [-0.15, -0.1) is 0 Å². The van der Waals surface area contributed by atoms with Gasteiger partial charge in [0.15, 0.2) is 11.5 Å². The van der Waals surface area contributed by atoms with Crippen LogP contribution in [0.5, 0.6) is 11.5 Å². The average Bonchev–Trinajstić information content (AvgIpc) is 2.75. The zero-order chi connectivity index (χ0) is 13.9. The van der Waals surface area contributed by atoms with Crippen molar-refractivity contribution in [2.45, 2.75) is 12.5 Å². The van der Waals surface area contributed by atoms with Crippen LogP contribution in [0.25, 0.3) is 0 Å². The van der Waals surface area contributed by atoms with E-state index in [9.17, 15) is 0 Å². The van der Waals surface area contributed by atoms with E-state index in [4.69, 9.17) is 9.47 Å². The number of aryl methyl sites for hydroxylation is 1. The fourth-order valence-electron chi connectivity index (χ4n) is 2.46. The molecule has 0 spiro atoms. The van der Waals surface area contributed by atoms with Crippen LogP contribution in [-0.4, -0.2) is 29.8 Å². The smallest absolute Gasteiger partial charge is 0.161 e. The van der Waals surface area contributed by atoms with Crippen molar-refractivity contribution < 1.29 is 9.47 Å². The summed E-state index contributed by atoms with van der Waals surface area (Å²) in [6.07, 6.45) is 4.67. The molecule has 1 unspecified atom stereocenters. The van der Waals surface area contributed by atoms with Crippen LogP contribution in [0.4, 0.5) is 0 Å². The Balaban J connectivity index is 1.96. The lowest BCUT2D eigenvalue weighted by atomic mass is 10.1. The first-order valence-electron chi connectivity index (χ1n) is 6.83. The van der Waals surface area contributed by atoms with E-state index in [1.54, 1.807) is 0 Å². The molecule has 1 atom stereocenters. The largest absolute Gasteiger partial charge is 0.490 e. The molecule has 0 aliphatic carbocycles. The number of rotatable bonds is 3. The highest BCUT2D eigenvalue weighted by molar-refractivity contribution is 5.45. The molecule has 0 bridgehead atoms. The Morgan fingerprint density at radius 1 is 1.25 bits per heavy atom. The van der Waals surface area contributed by atoms with Crippen molar-refractivity contribution in [3.63, 3.8) is 0 Å². The van der Waals surface area contributed by atoms with E-state index in [0.29, 0.717) is 13.2 Å². The van der Waals surface area contributed by atoms with Crippen LogP contribution < -0.4 is 14.8 Å². The number of fused-ring (bicyclic) bond motifs is 1. The molecule has 1 aliphatic heterocycles. The van der Waals surface area contributed by atoms with E-state index in [1.165, 1.54) is 0 Å². The highest BCUT2D eigenvalue weighted by Crippen LogP contribution is 2.33. The molecule has 5 nitrogen and oxygen atoms in total. The van der Waals surface area contributed by atoms with E-state index in [0.717, 1.165) is 29.3 Å². The molecule has 5 heteroatoms. The van der Waals surface area contributed by atoms with Crippen molar-refractivity contribution in [3.8, 4) is 11.5 Å². The lowest BCUT2D eigenvalue weighted by molar-refractivity contribution is 0.297. The van der Waals surface area contributed by atoms with Gasteiger partial charge in [-0.05, 0) is 24.7 Å². The quantitative estimate of drug-likeness (QED) is 0.927. The van der Waals surface area contributed by atoms with E-state index >= 15 is 0 Å². The molecule has 1 aromatic heterocycles.